The summed E-state index contributed by atoms with van der Waals surface area (Å²) in [4.78, 5) is 40.4. The third-order valence-corrected chi connectivity index (χ3v) is 4.46. The molecule has 0 amide bonds. The van der Waals surface area contributed by atoms with Gasteiger partial charge in [-0.25, -0.2) is 9.78 Å². The van der Waals surface area contributed by atoms with Gasteiger partial charge in [0.2, 0.25) is 5.78 Å². The lowest BCUT2D eigenvalue weighted by atomic mass is 10.1. The van der Waals surface area contributed by atoms with Gasteiger partial charge in [-0.15, -0.1) is 11.8 Å². The smallest absolute Gasteiger partial charge is 0.372 e. The summed E-state index contributed by atoms with van der Waals surface area (Å²) in [6, 6.07) is 12.8. The van der Waals surface area contributed by atoms with Gasteiger partial charge in [0.05, 0.1) is 6.42 Å². The van der Waals surface area contributed by atoms with Crippen LogP contribution in [-0.4, -0.2) is 38.3 Å². The summed E-state index contributed by atoms with van der Waals surface area (Å²) in [6.45, 7) is 0. The molecule has 0 aliphatic carbocycles. The largest absolute Gasteiger partial charge is 0.475 e. The average molecular weight is 354 g/mol. The Morgan fingerprint density at radius 2 is 1.84 bits per heavy atom. The van der Waals surface area contributed by atoms with E-state index < -0.39 is 24.0 Å². The zero-order valence-electron chi connectivity index (χ0n) is 13.3. The summed E-state index contributed by atoms with van der Waals surface area (Å²) in [5.41, 5.74) is 1.93. The van der Waals surface area contributed by atoms with E-state index in [2.05, 4.69) is 4.98 Å². The molecule has 0 fully saturated rings. The number of imidazole rings is 1. The van der Waals surface area contributed by atoms with Crippen LogP contribution in [-0.2, 0) is 9.59 Å². The molecule has 0 aliphatic heterocycles. The second-order valence-electron chi connectivity index (χ2n) is 5.29. The minimum absolute atomic E-state index is 0.210. The minimum atomic E-state index is -1.62. The third kappa shape index (κ3) is 3.32. The first-order valence-electron chi connectivity index (χ1n) is 7.42. The molecule has 0 spiro atoms. The second-order valence-corrected chi connectivity index (χ2v) is 6.17. The minimum Gasteiger partial charge on any atom is -0.475 e. The van der Waals surface area contributed by atoms with Gasteiger partial charge in [0, 0.05) is 16.7 Å². The van der Waals surface area contributed by atoms with Crippen LogP contribution in [0.15, 0.2) is 53.6 Å². The number of benzene rings is 1. The van der Waals surface area contributed by atoms with Crippen LogP contribution in [0.5, 0.6) is 0 Å². The van der Waals surface area contributed by atoms with Crippen LogP contribution < -0.4 is 0 Å². The SMILES string of the molecule is CSc1ccc(-c2nc3ccccn3c2C(=O)CC(=O)C(=O)O)cc1. The Balaban J connectivity index is 2.12. The van der Waals surface area contributed by atoms with Crippen LogP contribution in [0.2, 0.25) is 0 Å². The summed E-state index contributed by atoms with van der Waals surface area (Å²) in [5, 5.41) is 8.76. The summed E-state index contributed by atoms with van der Waals surface area (Å²) >= 11 is 1.60. The predicted octanol–water partition coefficient (Wildman–Crippen LogP) is 2.95. The number of rotatable bonds is 6. The van der Waals surface area contributed by atoms with E-state index in [4.69, 9.17) is 5.11 Å². The number of ketones is 2. The highest BCUT2D eigenvalue weighted by Gasteiger charge is 2.24. The molecule has 1 N–H and O–H groups in total. The molecule has 0 radical (unpaired) electrons. The highest BCUT2D eigenvalue weighted by molar-refractivity contribution is 7.98. The first kappa shape index (κ1) is 16.9. The molecule has 126 valence electrons. The number of carbonyl (C=O) groups excluding carboxylic acids is 2. The Kier molecular flexibility index (Phi) is 4.67. The molecule has 0 saturated carbocycles. The number of aromatic nitrogens is 2. The van der Waals surface area contributed by atoms with Crippen molar-refractivity contribution in [2.45, 2.75) is 11.3 Å². The van der Waals surface area contributed by atoms with Crippen molar-refractivity contribution >= 4 is 34.9 Å². The van der Waals surface area contributed by atoms with Gasteiger partial charge in [-0.2, -0.15) is 0 Å². The number of pyridine rings is 1. The van der Waals surface area contributed by atoms with Crippen molar-refractivity contribution in [3.63, 3.8) is 0 Å². The molecule has 0 aliphatic rings. The lowest BCUT2D eigenvalue weighted by Gasteiger charge is -2.04. The number of carboxylic acid groups (broad SMARTS) is 1. The highest BCUT2D eigenvalue weighted by atomic mass is 32.2. The lowest BCUT2D eigenvalue weighted by Crippen LogP contribution is -2.18. The maximum absolute atomic E-state index is 12.6. The Labute approximate surface area is 147 Å². The van der Waals surface area contributed by atoms with Gasteiger partial charge in [0.15, 0.2) is 5.78 Å². The van der Waals surface area contributed by atoms with E-state index in [0.29, 0.717) is 11.3 Å². The van der Waals surface area contributed by atoms with Crippen molar-refractivity contribution < 1.29 is 19.5 Å². The fraction of sp³-hybridized carbons (Fsp3) is 0.111. The predicted molar refractivity (Wildman–Crippen MR) is 94.0 cm³/mol. The summed E-state index contributed by atoms with van der Waals surface area (Å²) in [6.07, 6.45) is 2.93. The monoisotopic (exact) mass is 354 g/mol. The van der Waals surface area contributed by atoms with Crippen LogP contribution >= 0.6 is 11.8 Å². The number of hydrogen-bond acceptors (Lipinski definition) is 5. The summed E-state index contributed by atoms with van der Waals surface area (Å²) in [7, 11) is 0. The van der Waals surface area contributed by atoms with Gasteiger partial charge in [-0.05, 0) is 30.5 Å². The van der Waals surface area contributed by atoms with E-state index in [0.717, 1.165) is 10.5 Å². The Hall–Kier alpha value is -2.93. The molecule has 2 heterocycles. The van der Waals surface area contributed by atoms with Gasteiger partial charge in [0.25, 0.3) is 0 Å². The van der Waals surface area contributed by atoms with Crippen LogP contribution in [0.25, 0.3) is 16.9 Å². The van der Waals surface area contributed by atoms with Gasteiger partial charge in [-0.3, -0.25) is 14.0 Å². The topological polar surface area (TPSA) is 88.7 Å². The number of fused-ring (bicyclic) bond motifs is 1. The molecule has 7 heteroatoms. The van der Waals surface area contributed by atoms with Gasteiger partial charge < -0.3 is 5.11 Å². The summed E-state index contributed by atoms with van der Waals surface area (Å²) in [5.74, 6) is -3.33. The van der Waals surface area contributed by atoms with E-state index in [-0.39, 0.29) is 5.69 Å². The molecule has 0 atom stereocenters. The number of thioether (sulfide) groups is 1. The van der Waals surface area contributed by atoms with Crippen molar-refractivity contribution in [2.24, 2.45) is 0 Å². The Morgan fingerprint density at radius 3 is 2.48 bits per heavy atom. The first-order valence-corrected chi connectivity index (χ1v) is 8.64. The normalized spacial score (nSPS) is 10.8. The van der Waals surface area contributed by atoms with Crippen LogP contribution in [0, 0.1) is 0 Å². The van der Waals surface area contributed by atoms with E-state index in [1.807, 2.05) is 30.5 Å². The van der Waals surface area contributed by atoms with Crippen LogP contribution in [0.3, 0.4) is 0 Å². The van der Waals surface area contributed by atoms with Crippen molar-refractivity contribution in [1.82, 2.24) is 9.38 Å². The van der Waals surface area contributed by atoms with E-state index in [1.54, 1.807) is 40.6 Å². The number of nitrogens with zero attached hydrogens (tertiary/aromatic N) is 2. The third-order valence-electron chi connectivity index (χ3n) is 3.72. The quantitative estimate of drug-likeness (QED) is 0.317. The fourth-order valence-electron chi connectivity index (χ4n) is 2.52. The number of carboxylic acids is 1. The van der Waals surface area contributed by atoms with E-state index in [9.17, 15) is 14.4 Å². The Morgan fingerprint density at radius 1 is 1.12 bits per heavy atom. The van der Waals surface area contributed by atoms with E-state index >= 15 is 0 Å². The zero-order chi connectivity index (χ0) is 18.0. The van der Waals surface area contributed by atoms with Crippen LogP contribution in [0.1, 0.15) is 16.9 Å². The molecular weight excluding hydrogens is 340 g/mol. The maximum Gasteiger partial charge on any atom is 0.372 e. The van der Waals surface area contributed by atoms with Gasteiger partial charge in [-0.1, -0.05) is 18.2 Å². The molecule has 0 saturated heterocycles. The molecular formula is C18H14N2O4S. The Bertz CT molecular complexity index is 976. The lowest BCUT2D eigenvalue weighted by molar-refractivity contribution is -0.148. The van der Waals surface area contributed by atoms with Crippen molar-refractivity contribution in [3.8, 4) is 11.3 Å². The van der Waals surface area contributed by atoms with Crippen LogP contribution in [0.4, 0.5) is 0 Å². The molecule has 3 rings (SSSR count). The van der Waals surface area contributed by atoms with Crippen molar-refractivity contribution in [3.05, 3.63) is 54.4 Å². The molecule has 25 heavy (non-hydrogen) atoms. The number of aliphatic carboxylic acids is 1. The van der Waals surface area contributed by atoms with Gasteiger partial charge in [0.1, 0.15) is 17.0 Å². The van der Waals surface area contributed by atoms with Gasteiger partial charge >= 0.3 is 5.97 Å². The van der Waals surface area contributed by atoms with Crippen molar-refractivity contribution in [2.75, 3.05) is 6.26 Å². The molecule has 1 aromatic carbocycles. The zero-order valence-corrected chi connectivity index (χ0v) is 14.1. The van der Waals surface area contributed by atoms with E-state index in [1.165, 1.54) is 0 Å². The van der Waals surface area contributed by atoms with Crippen molar-refractivity contribution in [1.29, 1.82) is 0 Å². The molecule has 2 aromatic heterocycles. The number of hydrogen-bond donors (Lipinski definition) is 1. The second kappa shape index (κ2) is 6.90. The number of Topliss-reactive ketones (excluding diaryl/α,β-unsaturated/α-hetero) is 2. The molecule has 0 unspecified atom stereocenters. The first-order chi connectivity index (χ1) is 12.0. The standard InChI is InChI=1S/C18H14N2O4S/c1-25-12-7-5-11(6-8-12)16-17(13(21)10-14(22)18(23)24)20-9-3-2-4-15(20)19-16/h2-9H,10H2,1H3,(H,23,24). The fourth-order valence-corrected chi connectivity index (χ4v) is 2.93. The molecule has 3 aromatic rings. The average Bonchev–Trinajstić information content (AvgIpc) is 3.01. The molecule has 0 bridgehead atoms. The summed E-state index contributed by atoms with van der Waals surface area (Å²) < 4.78 is 1.58. The molecule has 6 nitrogen and oxygen atoms in total. The maximum atomic E-state index is 12.6. The highest BCUT2D eigenvalue weighted by Crippen LogP contribution is 2.27. The number of carbonyl (C=O) groups is 3.